The molecule has 0 amide bonds. The highest BCUT2D eigenvalue weighted by Crippen LogP contribution is 2.38. The monoisotopic (exact) mass is 281 g/mol. The number of aliphatic hydroxyl groups is 1. The van der Waals surface area contributed by atoms with E-state index in [1.54, 1.807) is 19.2 Å². The summed E-state index contributed by atoms with van der Waals surface area (Å²) in [7, 11) is 0. The van der Waals surface area contributed by atoms with Gasteiger partial charge in [0.15, 0.2) is 0 Å². The summed E-state index contributed by atoms with van der Waals surface area (Å²) in [6, 6.07) is 1.80. The second-order valence-electron chi connectivity index (χ2n) is 5.56. The van der Waals surface area contributed by atoms with Crippen molar-refractivity contribution in [3.63, 3.8) is 0 Å². The Balaban J connectivity index is 1.68. The summed E-state index contributed by atoms with van der Waals surface area (Å²) in [5.41, 5.74) is 1.21. The van der Waals surface area contributed by atoms with Gasteiger partial charge in [-0.05, 0) is 13.0 Å². The van der Waals surface area contributed by atoms with Crippen molar-refractivity contribution in [2.24, 2.45) is 5.41 Å². The minimum atomic E-state index is -0.890. The van der Waals surface area contributed by atoms with Gasteiger partial charge in [-0.3, -0.25) is 4.98 Å². The van der Waals surface area contributed by atoms with Crippen LogP contribution in [0.1, 0.15) is 18.2 Å². The number of rotatable bonds is 4. The highest BCUT2D eigenvalue weighted by Gasteiger charge is 2.50. The molecule has 3 saturated heterocycles. The van der Waals surface area contributed by atoms with Crippen LogP contribution in [0.3, 0.4) is 0 Å². The van der Waals surface area contributed by atoms with Crippen molar-refractivity contribution in [1.29, 1.82) is 0 Å². The number of hydrogen-bond donors (Lipinski definition) is 1. The molecule has 0 unspecified atom stereocenters. The minimum absolute atomic E-state index is 0.0954. The average molecular weight is 281 g/mol. The highest BCUT2D eigenvalue weighted by molar-refractivity contribution is 5.34. The predicted molar refractivity (Wildman–Crippen MR) is 69.1 cm³/mol. The maximum Gasteiger partial charge on any atom is 0.279 e. The third-order valence-electron chi connectivity index (χ3n) is 3.86. The zero-order valence-corrected chi connectivity index (χ0v) is 11.7. The number of aromatic nitrogens is 1. The first-order valence-electron chi connectivity index (χ1n) is 6.66. The lowest BCUT2D eigenvalue weighted by Gasteiger charge is -2.50. The first-order chi connectivity index (χ1) is 9.56. The van der Waals surface area contributed by atoms with Gasteiger partial charge in [0, 0.05) is 18.7 Å². The second kappa shape index (κ2) is 4.96. The molecule has 4 heterocycles. The second-order valence-corrected chi connectivity index (χ2v) is 5.56. The van der Waals surface area contributed by atoms with E-state index in [0.717, 1.165) is 11.3 Å². The largest absolute Gasteiger partial charge is 0.492 e. The zero-order valence-electron chi connectivity index (χ0n) is 11.7. The lowest BCUT2D eigenvalue weighted by molar-refractivity contribution is -0.461. The van der Waals surface area contributed by atoms with Gasteiger partial charge in [0.1, 0.15) is 12.4 Å². The fraction of sp³-hybridized carbons (Fsp3) is 0.643. The molecule has 1 aromatic heterocycles. The van der Waals surface area contributed by atoms with Crippen LogP contribution in [0.5, 0.6) is 5.75 Å². The van der Waals surface area contributed by atoms with Crippen LogP contribution in [0.2, 0.25) is 0 Å². The van der Waals surface area contributed by atoms with Gasteiger partial charge < -0.3 is 24.1 Å². The van der Waals surface area contributed by atoms with Crippen LogP contribution in [-0.4, -0.2) is 42.5 Å². The molecular formula is C14H19NO5. The van der Waals surface area contributed by atoms with E-state index in [1.807, 2.05) is 6.92 Å². The molecule has 0 aromatic carbocycles. The van der Waals surface area contributed by atoms with Crippen molar-refractivity contribution in [1.82, 2.24) is 4.98 Å². The van der Waals surface area contributed by atoms with E-state index in [9.17, 15) is 5.11 Å². The van der Waals surface area contributed by atoms with Crippen molar-refractivity contribution in [3.8, 4) is 5.75 Å². The first kappa shape index (κ1) is 13.8. The lowest BCUT2D eigenvalue weighted by atomic mass is 9.90. The number of aliphatic hydroxyl groups excluding tert-OH is 1. The average Bonchev–Trinajstić information content (AvgIpc) is 2.48. The fourth-order valence-corrected chi connectivity index (χ4v) is 2.33. The smallest absolute Gasteiger partial charge is 0.279 e. The van der Waals surface area contributed by atoms with E-state index >= 15 is 0 Å². The van der Waals surface area contributed by atoms with E-state index < -0.39 is 5.97 Å². The van der Waals surface area contributed by atoms with Crippen molar-refractivity contribution in [2.75, 3.05) is 26.4 Å². The quantitative estimate of drug-likeness (QED) is 0.888. The minimum Gasteiger partial charge on any atom is -0.492 e. The van der Waals surface area contributed by atoms with Gasteiger partial charge >= 0.3 is 0 Å². The van der Waals surface area contributed by atoms with Crippen LogP contribution in [0.15, 0.2) is 12.3 Å². The SMILES string of the molecule is Cc1c(OCC23COC(C)(OC2)OC3)ccnc1CO. The van der Waals surface area contributed by atoms with Crippen molar-refractivity contribution in [3.05, 3.63) is 23.5 Å². The summed E-state index contributed by atoms with van der Waals surface area (Å²) in [4.78, 5) is 4.10. The Hall–Kier alpha value is -1.21. The highest BCUT2D eigenvalue weighted by atomic mass is 16.9. The van der Waals surface area contributed by atoms with Gasteiger partial charge in [-0.15, -0.1) is 0 Å². The topological polar surface area (TPSA) is 70.0 Å². The van der Waals surface area contributed by atoms with Crippen LogP contribution in [-0.2, 0) is 20.8 Å². The molecule has 0 atom stereocenters. The molecule has 1 N–H and O–H groups in total. The zero-order chi connectivity index (χ0) is 14.2. The Morgan fingerprint density at radius 2 is 1.95 bits per heavy atom. The number of nitrogens with zero attached hydrogens (tertiary/aromatic N) is 1. The van der Waals surface area contributed by atoms with E-state index in [2.05, 4.69) is 4.98 Å². The van der Waals surface area contributed by atoms with Crippen LogP contribution >= 0.6 is 0 Å². The van der Waals surface area contributed by atoms with Crippen molar-refractivity contribution < 1.29 is 24.1 Å². The molecule has 3 aliphatic heterocycles. The lowest BCUT2D eigenvalue weighted by Crippen LogP contribution is -2.60. The maximum absolute atomic E-state index is 9.21. The summed E-state index contributed by atoms with van der Waals surface area (Å²) < 4.78 is 22.5. The molecule has 0 spiro atoms. The van der Waals surface area contributed by atoms with Gasteiger partial charge in [0.05, 0.1) is 37.5 Å². The van der Waals surface area contributed by atoms with Gasteiger partial charge in [-0.2, -0.15) is 0 Å². The summed E-state index contributed by atoms with van der Waals surface area (Å²) in [6.07, 6.45) is 1.63. The summed E-state index contributed by atoms with van der Waals surface area (Å²) in [6.45, 7) is 5.67. The number of fused-ring (bicyclic) bond motifs is 3. The van der Waals surface area contributed by atoms with Crippen molar-refractivity contribution in [2.45, 2.75) is 26.4 Å². The molecule has 110 valence electrons. The molecule has 0 radical (unpaired) electrons. The van der Waals surface area contributed by atoms with Gasteiger partial charge in [-0.1, -0.05) is 0 Å². The number of pyridine rings is 1. The maximum atomic E-state index is 9.21. The molecule has 0 saturated carbocycles. The normalized spacial score (nSPS) is 32.4. The van der Waals surface area contributed by atoms with Crippen molar-refractivity contribution >= 4 is 0 Å². The molecule has 6 nitrogen and oxygen atoms in total. The molecule has 3 aliphatic rings. The van der Waals surface area contributed by atoms with Crippen LogP contribution in [0.4, 0.5) is 0 Å². The van der Waals surface area contributed by atoms with Crippen LogP contribution in [0, 0.1) is 12.3 Å². The summed E-state index contributed by atoms with van der Waals surface area (Å²) in [5, 5.41) is 9.21. The third kappa shape index (κ3) is 2.40. The Bertz CT molecular complexity index is 480. The van der Waals surface area contributed by atoms with Crippen LogP contribution < -0.4 is 4.74 Å². The molecule has 2 bridgehead atoms. The van der Waals surface area contributed by atoms with Crippen LogP contribution in [0.25, 0.3) is 0 Å². The molecule has 6 heteroatoms. The Kier molecular flexibility index (Phi) is 3.41. The molecule has 0 aliphatic carbocycles. The van der Waals surface area contributed by atoms with E-state index in [1.165, 1.54) is 0 Å². The summed E-state index contributed by atoms with van der Waals surface area (Å²) in [5.74, 6) is -0.171. The summed E-state index contributed by atoms with van der Waals surface area (Å²) >= 11 is 0. The van der Waals surface area contributed by atoms with E-state index in [-0.39, 0.29) is 12.0 Å². The Morgan fingerprint density at radius 3 is 2.55 bits per heavy atom. The molecule has 3 fully saturated rings. The van der Waals surface area contributed by atoms with E-state index in [0.29, 0.717) is 32.1 Å². The predicted octanol–water partition coefficient (Wildman–Crippen LogP) is 0.998. The molecule has 20 heavy (non-hydrogen) atoms. The standard InChI is InChI=1S/C14H19NO5/c1-10-11(5-16)15-4-3-12(10)17-6-14-7-18-13(2,19-8-14)20-9-14/h3-4,16H,5-9H2,1-2H3. The molecular weight excluding hydrogens is 262 g/mol. The fourth-order valence-electron chi connectivity index (χ4n) is 2.33. The number of hydrogen-bond acceptors (Lipinski definition) is 6. The Labute approximate surface area is 117 Å². The molecule has 1 aromatic rings. The Morgan fingerprint density at radius 1 is 1.30 bits per heavy atom. The third-order valence-corrected chi connectivity index (χ3v) is 3.86. The van der Waals surface area contributed by atoms with E-state index in [4.69, 9.17) is 18.9 Å². The molecule has 4 rings (SSSR count). The van der Waals surface area contributed by atoms with Gasteiger partial charge in [0.2, 0.25) is 0 Å². The van der Waals surface area contributed by atoms with Gasteiger partial charge in [-0.25, -0.2) is 0 Å². The van der Waals surface area contributed by atoms with Gasteiger partial charge in [0.25, 0.3) is 5.97 Å². The first-order valence-corrected chi connectivity index (χ1v) is 6.66. The number of ether oxygens (including phenoxy) is 4.